The first-order chi connectivity index (χ1) is 9.33. The number of nitrogens with two attached hydrogens (primary N) is 2. The molecule has 0 radical (unpaired) electrons. The second-order valence-corrected chi connectivity index (χ2v) is 7.21. The molecular formula is C10H12N4O4S2. The van der Waals surface area contributed by atoms with Crippen LogP contribution in [-0.2, 0) is 20.0 Å². The highest BCUT2D eigenvalue weighted by Crippen LogP contribution is 2.27. The molecule has 2 aromatic rings. The molecule has 2 rings (SSSR count). The maximum atomic E-state index is 11.8. The van der Waals surface area contributed by atoms with E-state index in [2.05, 4.69) is 0 Å². The van der Waals surface area contributed by atoms with Crippen LogP contribution in [0.3, 0.4) is 0 Å². The van der Waals surface area contributed by atoms with E-state index in [9.17, 15) is 16.8 Å². The van der Waals surface area contributed by atoms with Gasteiger partial charge in [0.05, 0.1) is 9.79 Å². The van der Waals surface area contributed by atoms with Gasteiger partial charge in [-0.3, -0.25) is 11.7 Å². The van der Waals surface area contributed by atoms with Crippen LogP contribution < -0.4 is 21.3 Å². The Hall–Kier alpha value is -1.56. The number of fused-ring (bicyclic) bond motifs is 1. The number of rotatable bonds is 4. The second kappa shape index (κ2) is 5.09. The van der Waals surface area contributed by atoms with Gasteiger partial charge >= 0.3 is 0 Å². The molecule has 0 saturated carbocycles. The van der Waals surface area contributed by atoms with Gasteiger partial charge in [-0.15, -0.1) is 0 Å². The van der Waals surface area contributed by atoms with Gasteiger partial charge in [-0.2, -0.15) is 9.66 Å². The van der Waals surface area contributed by atoms with Crippen LogP contribution in [-0.4, -0.2) is 16.8 Å². The van der Waals surface area contributed by atoms with Gasteiger partial charge in [0.1, 0.15) is 0 Å². The summed E-state index contributed by atoms with van der Waals surface area (Å²) in [7, 11) is -7.82. The first kappa shape index (κ1) is 14.8. The summed E-state index contributed by atoms with van der Waals surface area (Å²) >= 11 is 0. The molecule has 0 spiro atoms. The molecule has 20 heavy (non-hydrogen) atoms. The predicted molar refractivity (Wildman–Crippen MR) is 73.0 cm³/mol. The molecule has 108 valence electrons. The van der Waals surface area contributed by atoms with Crippen LogP contribution >= 0.6 is 0 Å². The molecule has 0 heterocycles. The van der Waals surface area contributed by atoms with Gasteiger partial charge in [-0.05, 0) is 12.1 Å². The lowest BCUT2D eigenvalue weighted by Gasteiger charge is -2.10. The van der Waals surface area contributed by atoms with Crippen LogP contribution in [0, 0.1) is 0 Å². The molecule has 10 heteroatoms. The molecule has 8 nitrogen and oxygen atoms in total. The topological polar surface area (TPSA) is 144 Å². The smallest absolute Gasteiger partial charge is 0.253 e. The molecule has 0 aromatic heterocycles. The fourth-order valence-corrected chi connectivity index (χ4v) is 3.55. The van der Waals surface area contributed by atoms with Gasteiger partial charge in [0.2, 0.25) is 0 Å². The van der Waals surface area contributed by atoms with Crippen LogP contribution in [0.4, 0.5) is 0 Å². The first-order valence-electron chi connectivity index (χ1n) is 5.30. The van der Waals surface area contributed by atoms with Crippen LogP contribution in [0.15, 0.2) is 46.2 Å². The number of hydrazine groups is 2. The Kier molecular flexibility index (Phi) is 3.77. The van der Waals surface area contributed by atoms with Crippen molar-refractivity contribution in [2.75, 3.05) is 0 Å². The third kappa shape index (κ3) is 2.40. The van der Waals surface area contributed by atoms with Crippen molar-refractivity contribution >= 4 is 30.8 Å². The maximum Gasteiger partial charge on any atom is 0.253 e. The fraction of sp³-hybridized carbons (Fsp3) is 0. The molecule has 0 fully saturated rings. The molecule has 0 atom stereocenters. The lowest BCUT2D eigenvalue weighted by atomic mass is 10.1. The zero-order chi connectivity index (χ0) is 15.0. The van der Waals surface area contributed by atoms with E-state index < -0.39 is 20.0 Å². The van der Waals surface area contributed by atoms with E-state index in [1.807, 2.05) is 0 Å². The number of hydrogen-bond donors (Lipinski definition) is 4. The number of benzene rings is 2. The van der Waals surface area contributed by atoms with Crippen molar-refractivity contribution in [1.82, 2.24) is 9.66 Å². The lowest BCUT2D eigenvalue weighted by molar-refractivity contribution is 0.582. The standard InChI is InChI=1S/C10H12N4O4S2/c11-13-19(15,16)9-5-1-3-7-8(9)4-2-6-10(7)20(17,18)14-12/h1-6,13-14H,11-12H2. The Labute approximate surface area is 115 Å². The van der Waals surface area contributed by atoms with Crippen LogP contribution in [0.5, 0.6) is 0 Å². The van der Waals surface area contributed by atoms with Crippen molar-refractivity contribution in [2.24, 2.45) is 11.7 Å². The van der Waals surface area contributed by atoms with E-state index in [1.54, 1.807) is 9.66 Å². The Morgan fingerprint density at radius 1 is 0.700 bits per heavy atom. The molecule has 6 N–H and O–H groups in total. The number of hydrogen-bond acceptors (Lipinski definition) is 6. The summed E-state index contributed by atoms with van der Waals surface area (Å²) in [4.78, 5) is 3.17. The predicted octanol–water partition coefficient (Wildman–Crippen LogP) is -0.856. The normalized spacial score (nSPS) is 12.7. The van der Waals surface area contributed by atoms with E-state index >= 15 is 0 Å². The van der Waals surface area contributed by atoms with Crippen LogP contribution in [0.2, 0.25) is 0 Å². The summed E-state index contributed by atoms with van der Waals surface area (Å²) in [6.45, 7) is 0. The van der Waals surface area contributed by atoms with Gasteiger partial charge < -0.3 is 0 Å². The van der Waals surface area contributed by atoms with Crippen molar-refractivity contribution < 1.29 is 16.8 Å². The molecule has 0 aliphatic rings. The Morgan fingerprint density at radius 3 is 1.35 bits per heavy atom. The molecule has 0 bridgehead atoms. The van der Waals surface area contributed by atoms with Crippen LogP contribution in [0.1, 0.15) is 0 Å². The SMILES string of the molecule is NNS(=O)(=O)c1cccc2c(S(=O)(=O)NN)cccc12. The van der Waals surface area contributed by atoms with Crippen molar-refractivity contribution in [3.05, 3.63) is 36.4 Å². The molecule has 0 amide bonds. The summed E-state index contributed by atoms with van der Waals surface area (Å²) in [5.41, 5.74) is 0. The number of nitrogens with one attached hydrogen (secondary N) is 2. The third-order valence-electron chi connectivity index (χ3n) is 2.73. The highest BCUT2D eigenvalue weighted by molar-refractivity contribution is 7.90. The van der Waals surface area contributed by atoms with Crippen molar-refractivity contribution in [3.8, 4) is 0 Å². The highest BCUT2D eigenvalue weighted by Gasteiger charge is 2.20. The largest absolute Gasteiger partial charge is 0.257 e. The lowest BCUT2D eigenvalue weighted by Crippen LogP contribution is -2.31. The zero-order valence-corrected chi connectivity index (χ0v) is 11.7. The maximum absolute atomic E-state index is 11.8. The minimum absolute atomic E-state index is 0.119. The van der Waals surface area contributed by atoms with Gasteiger partial charge in [0.25, 0.3) is 20.0 Å². The van der Waals surface area contributed by atoms with Gasteiger partial charge in [-0.25, -0.2) is 16.8 Å². The van der Waals surface area contributed by atoms with E-state index in [1.165, 1.54) is 36.4 Å². The third-order valence-corrected chi connectivity index (χ3v) is 5.22. The summed E-state index contributed by atoms with van der Waals surface area (Å²) in [6, 6.07) is 8.45. The van der Waals surface area contributed by atoms with E-state index in [4.69, 9.17) is 11.7 Å². The second-order valence-electron chi connectivity index (χ2n) is 3.85. The summed E-state index contributed by atoms with van der Waals surface area (Å²) in [5.74, 6) is 9.98. The Balaban J connectivity index is 2.91. The minimum atomic E-state index is -3.91. The molecule has 2 aromatic carbocycles. The van der Waals surface area contributed by atoms with Crippen molar-refractivity contribution in [1.29, 1.82) is 0 Å². The average molecular weight is 316 g/mol. The van der Waals surface area contributed by atoms with E-state index in [-0.39, 0.29) is 20.6 Å². The first-order valence-corrected chi connectivity index (χ1v) is 8.26. The molecule has 0 aliphatic heterocycles. The zero-order valence-electron chi connectivity index (χ0n) is 10.1. The van der Waals surface area contributed by atoms with E-state index in [0.29, 0.717) is 0 Å². The summed E-state index contributed by atoms with van der Waals surface area (Å²) in [6.07, 6.45) is 0. The fourth-order valence-electron chi connectivity index (χ4n) is 1.85. The molecular weight excluding hydrogens is 304 g/mol. The molecule has 0 saturated heterocycles. The molecule has 0 aliphatic carbocycles. The van der Waals surface area contributed by atoms with Gasteiger partial charge in [0, 0.05) is 10.8 Å². The number of sulfonamides is 2. The van der Waals surface area contributed by atoms with Gasteiger partial charge in [-0.1, -0.05) is 24.3 Å². The minimum Gasteiger partial charge on any atom is -0.257 e. The highest BCUT2D eigenvalue weighted by atomic mass is 32.2. The van der Waals surface area contributed by atoms with Crippen LogP contribution in [0.25, 0.3) is 10.8 Å². The Morgan fingerprint density at radius 2 is 1.05 bits per heavy atom. The van der Waals surface area contributed by atoms with Crippen molar-refractivity contribution in [3.63, 3.8) is 0 Å². The van der Waals surface area contributed by atoms with Crippen molar-refractivity contribution in [2.45, 2.75) is 9.79 Å². The monoisotopic (exact) mass is 316 g/mol. The summed E-state index contributed by atoms with van der Waals surface area (Å²) < 4.78 is 47.3. The average Bonchev–Trinajstić information content (AvgIpc) is 2.45. The quantitative estimate of drug-likeness (QED) is 0.427. The summed E-state index contributed by atoms with van der Waals surface area (Å²) in [5, 5.41) is 0.448. The Bertz CT molecular complexity index is 789. The van der Waals surface area contributed by atoms with Gasteiger partial charge in [0.15, 0.2) is 0 Å². The molecule has 0 unspecified atom stereocenters. The van der Waals surface area contributed by atoms with E-state index in [0.717, 1.165) is 0 Å².